The van der Waals surface area contributed by atoms with Crippen LogP contribution < -0.4 is 0 Å². The van der Waals surface area contributed by atoms with Gasteiger partial charge in [0.15, 0.2) is 0 Å². The molecule has 23 heavy (non-hydrogen) atoms. The van der Waals surface area contributed by atoms with E-state index in [9.17, 15) is 9.59 Å². The summed E-state index contributed by atoms with van der Waals surface area (Å²) in [6.07, 6.45) is 5.02. The molecule has 0 N–H and O–H groups in total. The minimum absolute atomic E-state index is 0.130. The number of amides is 2. The first kappa shape index (κ1) is 16.0. The topological polar surface area (TPSA) is 40.6 Å². The molecule has 124 valence electrons. The lowest BCUT2D eigenvalue weighted by atomic mass is 10.1. The molecule has 4 heteroatoms. The van der Waals surface area contributed by atoms with E-state index in [0.29, 0.717) is 32.1 Å². The maximum Gasteiger partial charge on any atom is 0.228 e. The van der Waals surface area contributed by atoms with E-state index in [4.69, 9.17) is 0 Å². The second-order valence-corrected chi connectivity index (χ2v) is 6.72. The maximum absolute atomic E-state index is 12.8. The van der Waals surface area contributed by atoms with Gasteiger partial charge in [0.25, 0.3) is 0 Å². The van der Waals surface area contributed by atoms with Crippen molar-refractivity contribution in [3.8, 4) is 0 Å². The van der Waals surface area contributed by atoms with Gasteiger partial charge in [0.1, 0.15) is 0 Å². The Hall–Kier alpha value is -1.84. The minimum atomic E-state index is -0.160. The molecular formula is C19H26N2O2. The van der Waals surface area contributed by atoms with Crippen LogP contribution in [0, 0.1) is 5.92 Å². The Morgan fingerprint density at radius 3 is 2.57 bits per heavy atom. The molecule has 0 bridgehead atoms. The summed E-state index contributed by atoms with van der Waals surface area (Å²) >= 11 is 0. The first-order valence-electron chi connectivity index (χ1n) is 8.81. The molecule has 1 saturated carbocycles. The predicted octanol–water partition coefficient (Wildman–Crippen LogP) is 2.83. The Bertz CT molecular complexity index is 552. The Labute approximate surface area is 138 Å². The third-order valence-electron chi connectivity index (χ3n) is 5.18. The van der Waals surface area contributed by atoms with Gasteiger partial charge in [-0.15, -0.1) is 0 Å². The summed E-state index contributed by atoms with van der Waals surface area (Å²) in [5.41, 5.74) is 1.14. The van der Waals surface area contributed by atoms with Crippen molar-refractivity contribution in [2.75, 3.05) is 13.1 Å². The Balaban J connectivity index is 1.63. The summed E-state index contributed by atoms with van der Waals surface area (Å²) < 4.78 is 0. The molecule has 0 aromatic heterocycles. The third kappa shape index (κ3) is 3.57. The van der Waals surface area contributed by atoms with E-state index in [1.807, 2.05) is 47.1 Å². The third-order valence-corrected chi connectivity index (χ3v) is 5.18. The largest absolute Gasteiger partial charge is 0.339 e. The van der Waals surface area contributed by atoms with Gasteiger partial charge in [0, 0.05) is 32.1 Å². The van der Waals surface area contributed by atoms with Gasteiger partial charge in [-0.05, 0) is 25.3 Å². The van der Waals surface area contributed by atoms with Gasteiger partial charge in [0.05, 0.1) is 5.92 Å². The fourth-order valence-corrected chi connectivity index (χ4v) is 3.87. The average Bonchev–Trinajstić information content (AvgIpc) is 3.22. The predicted molar refractivity (Wildman–Crippen MR) is 89.6 cm³/mol. The summed E-state index contributed by atoms with van der Waals surface area (Å²) in [4.78, 5) is 29.0. The van der Waals surface area contributed by atoms with Crippen molar-refractivity contribution in [3.05, 3.63) is 35.9 Å². The van der Waals surface area contributed by atoms with Crippen LogP contribution in [-0.4, -0.2) is 40.7 Å². The zero-order valence-corrected chi connectivity index (χ0v) is 13.9. The smallest absolute Gasteiger partial charge is 0.228 e. The number of hydrogen-bond acceptors (Lipinski definition) is 2. The first-order chi connectivity index (χ1) is 11.2. The highest BCUT2D eigenvalue weighted by Crippen LogP contribution is 2.30. The van der Waals surface area contributed by atoms with E-state index in [1.165, 1.54) is 12.8 Å². The van der Waals surface area contributed by atoms with Crippen molar-refractivity contribution in [1.82, 2.24) is 9.80 Å². The van der Waals surface area contributed by atoms with Gasteiger partial charge in [-0.1, -0.05) is 43.2 Å². The molecule has 1 aromatic carbocycles. The Morgan fingerprint density at radius 2 is 1.91 bits per heavy atom. The molecule has 0 radical (unpaired) electrons. The summed E-state index contributed by atoms with van der Waals surface area (Å²) in [7, 11) is 0. The van der Waals surface area contributed by atoms with E-state index in [0.717, 1.165) is 18.4 Å². The molecule has 1 aliphatic carbocycles. The van der Waals surface area contributed by atoms with Gasteiger partial charge in [0.2, 0.25) is 11.8 Å². The molecule has 2 aliphatic rings. The van der Waals surface area contributed by atoms with E-state index in [1.54, 1.807) is 0 Å². The van der Waals surface area contributed by atoms with Gasteiger partial charge < -0.3 is 9.80 Å². The highest BCUT2D eigenvalue weighted by molar-refractivity contribution is 5.89. The van der Waals surface area contributed by atoms with Crippen LogP contribution in [-0.2, 0) is 16.1 Å². The molecule has 2 fully saturated rings. The summed E-state index contributed by atoms with van der Waals surface area (Å²) in [6, 6.07) is 10.4. The minimum Gasteiger partial charge on any atom is -0.339 e. The zero-order valence-electron chi connectivity index (χ0n) is 13.9. The molecule has 2 amide bonds. The van der Waals surface area contributed by atoms with E-state index >= 15 is 0 Å². The molecule has 1 saturated heterocycles. The number of nitrogens with zero attached hydrogens (tertiary/aromatic N) is 2. The number of likely N-dealkylation sites (tertiary alicyclic amines) is 1. The summed E-state index contributed by atoms with van der Waals surface area (Å²) in [6.45, 7) is 3.94. The summed E-state index contributed by atoms with van der Waals surface area (Å²) in [5.74, 6) is 0.142. The summed E-state index contributed by atoms with van der Waals surface area (Å²) in [5, 5.41) is 0. The molecule has 0 spiro atoms. The van der Waals surface area contributed by atoms with Gasteiger partial charge >= 0.3 is 0 Å². The van der Waals surface area contributed by atoms with Crippen LogP contribution in [0.1, 0.15) is 44.6 Å². The van der Waals surface area contributed by atoms with Crippen molar-refractivity contribution in [3.63, 3.8) is 0 Å². The molecule has 1 aliphatic heterocycles. The average molecular weight is 314 g/mol. The lowest BCUT2D eigenvalue weighted by molar-refractivity contribution is -0.136. The van der Waals surface area contributed by atoms with Gasteiger partial charge in [-0.25, -0.2) is 0 Å². The van der Waals surface area contributed by atoms with Crippen molar-refractivity contribution >= 4 is 11.8 Å². The Kier molecular flexibility index (Phi) is 4.99. The van der Waals surface area contributed by atoms with Crippen LogP contribution in [0.2, 0.25) is 0 Å². The number of rotatable bonds is 5. The monoisotopic (exact) mass is 314 g/mol. The van der Waals surface area contributed by atoms with Crippen LogP contribution in [0.3, 0.4) is 0 Å². The second kappa shape index (κ2) is 7.16. The number of hydrogen-bond donors (Lipinski definition) is 0. The number of carbonyl (C=O) groups is 2. The fourth-order valence-electron chi connectivity index (χ4n) is 3.87. The quantitative estimate of drug-likeness (QED) is 0.838. The van der Waals surface area contributed by atoms with Crippen molar-refractivity contribution in [2.24, 2.45) is 5.92 Å². The first-order valence-corrected chi connectivity index (χ1v) is 8.81. The van der Waals surface area contributed by atoms with Crippen molar-refractivity contribution in [1.29, 1.82) is 0 Å². The molecule has 1 heterocycles. The van der Waals surface area contributed by atoms with E-state index in [2.05, 4.69) is 0 Å². The molecular weight excluding hydrogens is 288 g/mol. The van der Waals surface area contributed by atoms with Crippen LogP contribution in [0.5, 0.6) is 0 Å². The van der Waals surface area contributed by atoms with E-state index < -0.39 is 0 Å². The number of benzene rings is 1. The van der Waals surface area contributed by atoms with Crippen LogP contribution in [0.4, 0.5) is 0 Å². The zero-order chi connectivity index (χ0) is 16.2. The molecule has 1 atom stereocenters. The van der Waals surface area contributed by atoms with Crippen LogP contribution in [0.15, 0.2) is 30.3 Å². The fraction of sp³-hybridized carbons (Fsp3) is 0.579. The molecule has 4 nitrogen and oxygen atoms in total. The van der Waals surface area contributed by atoms with Crippen LogP contribution >= 0.6 is 0 Å². The van der Waals surface area contributed by atoms with Crippen LogP contribution in [0.25, 0.3) is 0 Å². The van der Waals surface area contributed by atoms with Gasteiger partial charge in [-0.2, -0.15) is 0 Å². The van der Waals surface area contributed by atoms with E-state index in [-0.39, 0.29) is 17.7 Å². The molecule has 3 rings (SSSR count). The second-order valence-electron chi connectivity index (χ2n) is 6.72. The maximum atomic E-state index is 12.8. The standard InChI is InChI=1S/C19H26N2O2/c1-2-20(13-15-8-4-3-5-9-15)19(23)16-12-18(22)21(14-16)17-10-6-7-11-17/h3-5,8-9,16-17H,2,6-7,10-14H2,1H3/t16-/m0/s1. The highest BCUT2D eigenvalue weighted by atomic mass is 16.2. The molecule has 0 unspecified atom stereocenters. The number of carbonyl (C=O) groups excluding carboxylic acids is 2. The lowest BCUT2D eigenvalue weighted by Gasteiger charge is -2.26. The van der Waals surface area contributed by atoms with Gasteiger partial charge in [-0.3, -0.25) is 9.59 Å². The van der Waals surface area contributed by atoms with Crippen molar-refractivity contribution < 1.29 is 9.59 Å². The SMILES string of the molecule is CCN(Cc1ccccc1)C(=O)[C@H]1CC(=O)N(C2CCCC2)C1. The normalized spacial score (nSPS) is 21.9. The van der Waals surface area contributed by atoms with Crippen molar-refractivity contribution in [2.45, 2.75) is 51.6 Å². The lowest BCUT2D eigenvalue weighted by Crippen LogP contribution is -2.38. The highest BCUT2D eigenvalue weighted by Gasteiger charge is 2.39. The molecule has 1 aromatic rings. The Morgan fingerprint density at radius 1 is 1.22 bits per heavy atom.